The maximum Gasteiger partial charge on any atom is 0.253 e. The first-order chi connectivity index (χ1) is 15.5. The Balaban J connectivity index is 1.51. The Hall–Kier alpha value is -3.28. The first-order valence-corrected chi connectivity index (χ1v) is 11.2. The van der Waals surface area contributed by atoms with E-state index in [1.807, 2.05) is 49.1 Å². The molecule has 6 heteroatoms. The van der Waals surface area contributed by atoms with Crippen molar-refractivity contribution in [1.82, 2.24) is 14.9 Å². The number of halogens is 1. The van der Waals surface area contributed by atoms with Crippen LogP contribution in [0.5, 0.6) is 0 Å². The lowest BCUT2D eigenvalue weighted by molar-refractivity contribution is 0.0746. The average molecular weight is 433 g/mol. The Bertz CT molecular complexity index is 1110. The summed E-state index contributed by atoms with van der Waals surface area (Å²) in [4.78, 5) is 26.3. The molecule has 5 nitrogen and oxygen atoms in total. The molecule has 0 unspecified atom stereocenters. The van der Waals surface area contributed by atoms with Crippen molar-refractivity contribution in [1.29, 1.82) is 0 Å². The molecule has 0 bridgehead atoms. The van der Waals surface area contributed by atoms with E-state index >= 15 is 0 Å². The van der Waals surface area contributed by atoms with Gasteiger partial charge in [0.25, 0.3) is 5.91 Å². The zero-order valence-corrected chi connectivity index (χ0v) is 18.9. The Labute approximate surface area is 188 Å². The quantitative estimate of drug-likeness (QED) is 0.602. The summed E-state index contributed by atoms with van der Waals surface area (Å²) >= 11 is 0. The largest absolute Gasteiger partial charge is 0.353 e. The van der Waals surface area contributed by atoms with E-state index in [9.17, 15) is 9.18 Å². The van der Waals surface area contributed by atoms with Gasteiger partial charge in [-0.2, -0.15) is 0 Å². The number of anilines is 1. The minimum absolute atomic E-state index is 0.0638. The van der Waals surface area contributed by atoms with Crippen molar-refractivity contribution in [2.45, 2.75) is 33.6 Å². The van der Waals surface area contributed by atoms with Gasteiger partial charge in [-0.1, -0.05) is 37.3 Å². The number of hydrogen-bond donors (Lipinski definition) is 0. The van der Waals surface area contributed by atoms with Crippen molar-refractivity contribution >= 4 is 11.7 Å². The molecule has 2 aromatic carbocycles. The number of hydrogen-bond acceptors (Lipinski definition) is 4. The molecule has 0 radical (unpaired) electrons. The van der Waals surface area contributed by atoms with Crippen LogP contribution in [0.3, 0.4) is 0 Å². The van der Waals surface area contributed by atoms with Crippen LogP contribution in [0, 0.1) is 19.7 Å². The highest BCUT2D eigenvalue weighted by Crippen LogP contribution is 2.26. The average Bonchev–Trinajstić information content (AvgIpc) is 2.81. The van der Waals surface area contributed by atoms with Crippen molar-refractivity contribution in [2.75, 3.05) is 31.1 Å². The zero-order valence-electron chi connectivity index (χ0n) is 18.9. The molecule has 0 aliphatic carbocycles. The van der Waals surface area contributed by atoms with Crippen LogP contribution >= 0.6 is 0 Å². The van der Waals surface area contributed by atoms with Gasteiger partial charge in [0, 0.05) is 49.4 Å². The van der Waals surface area contributed by atoms with Gasteiger partial charge in [-0.25, -0.2) is 14.4 Å². The number of carbonyl (C=O) groups is 1. The summed E-state index contributed by atoms with van der Waals surface area (Å²) in [5.74, 6) is 1.39. The van der Waals surface area contributed by atoms with Crippen molar-refractivity contribution in [3.05, 3.63) is 88.1 Å². The number of rotatable bonds is 5. The summed E-state index contributed by atoms with van der Waals surface area (Å²) in [7, 11) is 0. The molecule has 0 spiro atoms. The fourth-order valence-electron chi connectivity index (χ4n) is 4.21. The van der Waals surface area contributed by atoms with Gasteiger partial charge in [-0.3, -0.25) is 4.79 Å². The topological polar surface area (TPSA) is 49.3 Å². The normalized spacial score (nSPS) is 14.0. The smallest absolute Gasteiger partial charge is 0.253 e. The Morgan fingerprint density at radius 1 is 0.969 bits per heavy atom. The molecular weight excluding hydrogens is 403 g/mol. The van der Waals surface area contributed by atoms with Gasteiger partial charge in [0.1, 0.15) is 17.5 Å². The van der Waals surface area contributed by atoms with E-state index in [0.717, 1.165) is 29.1 Å². The second-order valence-electron chi connectivity index (χ2n) is 8.26. The van der Waals surface area contributed by atoms with E-state index in [0.29, 0.717) is 44.0 Å². The summed E-state index contributed by atoms with van der Waals surface area (Å²) in [5, 5.41) is 0. The molecule has 3 aromatic rings. The van der Waals surface area contributed by atoms with Gasteiger partial charge in [-0.15, -0.1) is 0 Å². The minimum Gasteiger partial charge on any atom is -0.353 e. The highest BCUT2D eigenvalue weighted by atomic mass is 19.1. The predicted octanol–water partition coefficient (Wildman–Crippen LogP) is 4.35. The zero-order chi connectivity index (χ0) is 22.7. The molecule has 4 rings (SSSR count). The van der Waals surface area contributed by atoms with Gasteiger partial charge in [0.15, 0.2) is 0 Å². The van der Waals surface area contributed by atoms with Gasteiger partial charge >= 0.3 is 0 Å². The van der Waals surface area contributed by atoms with Crippen LogP contribution in [0.1, 0.15) is 45.5 Å². The van der Waals surface area contributed by atoms with Crippen LogP contribution in [-0.4, -0.2) is 47.0 Å². The molecule has 1 fully saturated rings. The van der Waals surface area contributed by atoms with E-state index in [4.69, 9.17) is 4.98 Å². The lowest BCUT2D eigenvalue weighted by Gasteiger charge is -2.36. The molecule has 0 saturated carbocycles. The van der Waals surface area contributed by atoms with Crippen LogP contribution in [-0.2, 0) is 12.8 Å². The van der Waals surface area contributed by atoms with Gasteiger partial charge < -0.3 is 9.80 Å². The molecule has 1 aromatic heterocycles. The molecule has 1 aliphatic heterocycles. The van der Waals surface area contributed by atoms with E-state index in [1.54, 1.807) is 12.1 Å². The number of aromatic nitrogens is 2. The van der Waals surface area contributed by atoms with Crippen LogP contribution in [0.25, 0.3) is 0 Å². The van der Waals surface area contributed by atoms with Crippen LogP contribution in [0.15, 0.2) is 48.5 Å². The van der Waals surface area contributed by atoms with Gasteiger partial charge in [0.05, 0.1) is 0 Å². The molecule has 0 atom stereocenters. The first kappa shape index (κ1) is 21.9. The minimum atomic E-state index is -0.220. The lowest BCUT2D eigenvalue weighted by atomic mass is 10.0. The van der Waals surface area contributed by atoms with E-state index in [-0.39, 0.29) is 11.7 Å². The number of nitrogens with zero attached hydrogens (tertiary/aromatic N) is 4. The number of piperazine rings is 1. The molecule has 166 valence electrons. The Morgan fingerprint density at radius 3 is 2.31 bits per heavy atom. The fraction of sp³-hybridized carbons (Fsp3) is 0.346. The Kier molecular flexibility index (Phi) is 6.49. The molecule has 1 aliphatic rings. The summed E-state index contributed by atoms with van der Waals surface area (Å²) in [6, 6.07) is 14.7. The van der Waals surface area contributed by atoms with E-state index in [2.05, 4.69) is 16.8 Å². The maximum absolute atomic E-state index is 14.3. The summed E-state index contributed by atoms with van der Waals surface area (Å²) < 4.78 is 14.3. The molecular formula is C26H29FN4O. The van der Waals surface area contributed by atoms with Crippen LogP contribution in [0.2, 0.25) is 0 Å². The van der Waals surface area contributed by atoms with E-state index in [1.165, 1.54) is 11.6 Å². The lowest BCUT2D eigenvalue weighted by Crippen LogP contribution is -2.49. The third-order valence-electron chi connectivity index (χ3n) is 6.10. The first-order valence-electron chi connectivity index (χ1n) is 11.2. The van der Waals surface area contributed by atoms with Gasteiger partial charge in [-0.05, 0) is 49.6 Å². The third-order valence-corrected chi connectivity index (χ3v) is 6.10. The third kappa shape index (κ3) is 4.64. The predicted molar refractivity (Wildman–Crippen MR) is 125 cm³/mol. The molecule has 1 amide bonds. The molecule has 2 heterocycles. The Morgan fingerprint density at radius 2 is 1.66 bits per heavy atom. The number of aryl methyl sites for hydroxylation is 3. The van der Waals surface area contributed by atoms with E-state index < -0.39 is 0 Å². The summed E-state index contributed by atoms with van der Waals surface area (Å²) in [6.45, 7) is 8.54. The second kappa shape index (κ2) is 9.47. The SMILES string of the molecule is CCc1ccc(C(=O)N2CCN(c3nc(C)nc(C)c3Cc3ccccc3F)CC2)cc1. The highest BCUT2D eigenvalue weighted by molar-refractivity contribution is 5.94. The summed E-state index contributed by atoms with van der Waals surface area (Å²) in [5.41, 5.74) is 4.39. The fourth-order valence-corrected chi connectivity index (χ4v) is 4.21. The van der Waals surface area contributed by atoms with Crippen LogP contribution in [0.4, 0.5) is 10.2 Å². The van der Waals surface area contributed by atoms with Crippen molar-refractivity contribution < 1.29 is 9.18 Å². The number of amides is 1. The summed E-state index contributed by atoms with van der Waals surface area (Å²) in [6.07, 6.45) is 1.40. The standard InChI is InChI=1S/C26H29FN4O/c1-4-20-9-11-21(12-10-20)26(32)31-15-13-30(14-16-31)25-23(18(2)28-19(3)29-25)17-22-7-5-6-8-24(22)27/h5-12H,4,13-17H2,1-3H3. The van der Waals surface area contributed by atoms with Crippen molar-refractivity contribution in [3.8, 4) is 0 Å². The van der Waals surface area contributed by atoms with Gasteiger partial charge in [0.2, 0.25) is 0 Å². The van der Waals surface area contributed by atoms with Crippen molar-refractivity contribution in [2.24, 2.45) is 0 Å². The number of carbonyl (C=O) groups excluding carboxylic acids is 1. The molecule has 1 saturated heterocycles. The monoisotopic (exact) mass is 432 g/mol. The molecule has 32 heavy (non-hydrogen) atoms. The highest BCUT2D eigenvalue weighted by Gasteiger charge is 2.25. The maximum atomic E-state index is 14.3. The van der Waals surface area contributed by atoms with Crippen LogP contribution < -0.4 is 4.90 Å². The number of benzene rings is 2. The van der Waals surface area contributed by atoms with Crippen molar-refractivity contribution in [3.63, 3.8) is 0 Å². The molecule has 0 N–H and O–H groups in total. The second-order valence-corrected chi connectivity index (χ2v) is 8.26.